The Labute approximate surface area is 144 Å². The first kappa shape index (κ1) is 15.5. The Morgan fingerprint density at radius 1 is 1.24 bits per heavy atom. The number of alkyl halides is 1. The maximum absolute atomic E-state index is 12.9. The number of rotatable bonds is 1. The first-order valence-corrected chi connectivity index (χ1v) is 8.27. The Morgan fingerprint density at radius 2 is 2.16 bits per heavy atom. The largest absolute Gasteiger partial charge is 0.296 e. The van der Waals surface area contributed by atoms with Gasteiger partial charge >= 0.3 is 0 Å². The van der Waals surface area contributed by atoms with Gasteiger partial charge in [0.2, 0.25) is 0 Å². The van der Waals surface area contributed by atoms with Crippen molar-refractivity contribution in [2.75, 3.05) is 6.67 Å². The molecule has 25 heavy (non-hydrogen) atoms. The quantitative estimate of drug-likeness (QED) is 0.643. The van der Waals surface area contributed by atoms with E-state index >= 15 is 0 Å². The molecule has 0 spiro atoms. The average Bonchev–Trinajstić information content (AvgIpc) is 2.67. The van der Waals surface area contributed by atoms with Crippen LogP contribution in [0.4, 0.5) is 4.39 Å². The van der Waals surface area contributed by atoms with Crippen LogP contribution in [0.25, 0.3) is 10.9 Å². The first-order chi connectivity index (χ1) is 12.2. The van der Waals surface area contributed by atoms with Crippen LogP contribution in [-0.2, 0) is 13.0 Å². The molecule has 0 saturated heterocycles. The molecule has 0 saturated carbocycles. The molecule has 1 atom stereocenters. The van der Waals surface area contributed by atoms with Gasteiger partial charge in [-0.15, -0.1) is 0 Å². The summed E-state index contributed by atoms with van der Waals surface area (Å²) in [6.07, 6.45) is 3.06. The van der Waals surface area contributed by atoms with Gasteiger partial charge in [0.15, 0.2) is 0 Å². The van der Waals surface area contributed by atoms with E-state index in [9.17, 15) is 9.18 Å². The fourth-order valence-corrected chi connectivity index (χ4v) is 3.11. The van der Waals surface area contributed by atoms with E-state index < -0.39 is 6.67 Å². The number of fused-ring (bicyclic) bond motifs is 2. The number of aromatic nitrogens is 3. The minimum absolute atomic E-state index is 0.0898. The van der Waals surface area contributed by atoms with Crippen LogP contribution in [0.3, 0.4) is 0 Å². The summed E-state index contributed by atoms with van der Waals surface area (Å²) < 4.78 is 14.6. The predicted molar refractivity (Wildman–Crippen MR) is 94.0 cm³/mol. The van der Waals surface area contributed by atoms with Crippen molar-refractivity contribution in [1.29, 1.82) is 0 Å². The lowest BCUT2D eigenvalue weighted by atomic mass is 10.00. The molecule has 1 aromatic carbocycles. The smallest absolute Gasteiger partial charge is 0.261 e. The van der Waals surface area contributed by atoms with E-state index in [0.717, 1.165) is 17.8 Å². The topological polar surface area (TPSA) is 47.8 Å². The molecule has 0 amide bonds. The van der Waals surface area contributed by atoms with Gasteiger partial charge in [-0.2, -0.15) is 0 Å². The van der Waals surface area contributed by atoms with Crippen molar-refractivity contribution in [3.8, 4) is 11.8 Å². The highest BCUT2D eigenvalue weighted by atomic mass is 19.1. The van der Waals surface area contributed by atoms with Crippen molar-refractivity contribution in [3.05, 3.63) is 70.0 Å². The normalized spacial score (nSPS) is 16.1. The summed E-state index contributed by atoms with van der Waals surface area (Å²) in [4.78, 5) is 21.5. The molecule has 1 aliphatic rings. The van der Waals surface area contributed by atoms with Crippen LogP contribution in [0, 0.1) is 17.8 Å². The molecular weight excluding hydrogens is 317 g/mol. The second-order valence-corrected chi connectivity index (χ2v) is 6.20. The second kappa shape index (κ2) is 6.48. The summed E-state index contributed by atoms with van der Waals surface area (Å²) in [7, 11) is 0. The summed E-state index contributed by atoms with van der Waals surface area (Å²) in [6, 6.07) is 11.0. The minimum atomic E-state index is -0.397. The lowest BCUT2D eigenvalue weighted by molar-refractivity contribution is 0.278. The van der Waals surface area contributed by atoms with Crippen molar-refractivity contribution >= 4 is 10.9 Å². The monoisotopic (exact) mass is 333 g/mol. The molecule has 1 aliphatic heterocycles. The molecule has 0 radical (unpaired) electrons. The molecule has 5 heteroatoms. The van der Waals surface area contributed by atoms with Crippen LogP contribution >= 0.6 is 0 Å². The zero-order valence-electron chi connectivity index (χ0n) is 13.6. The van der Waals surface area contributed by atoms with Gasteiger partial charge in [-0.25, -0.2) is 9.97 Å². The number of pyridine rings is 1. The molecule has 0 aliphatic carbocycles. The first-order valence-electron chi connectivity index (χ1n) is 8.27. The van der Waals surface area contributed by atoms with E-state index in [1.807, 2.05) is 30.3 Å². The van der Waals surface area contributed by atoms with Crippen molar-refractivity contribution in [2.24, 2.45) is 5.92 Å². The Hall–Kier alpha value is -3.00. The second-order valence-electron chi connectivity index (χ2n) is 6.20. The predicted octanol–water partition coefficient (Wildman–Crippen LogP) is 2.72. The molecule has 3 aromatic rings. The zero-order chi connectivity index (χ0) is 17.2. The van der Waals surface area contributed by atoms with Gasteiger partial charge in [-0.1, -0.05) is 12.0 Å². The molecule has 4 rings (SSSR count). The molecular formula is C20H16FN3O. The van der Waals surface area contributed by atoms with Gasteiger partial charge in [0, 0.05) is 30.6 Å². The lowest BCUT2D eigenvalue weighted by Crippen LogP contribution is -2.33. The standard InChI is InChI=1S/C20H16FN3O/c21-12-15-6-9-19-23-18-11-14(4-7-16-3-1-2-10-22-16)5-8-17(18)20(25)24(19)13-15/h1-3,5,8,10-11,15H,6,9,12-13H2. The molecule has 1 unspecified atom stereocenters. The number of benzene rings is 1. The van der Waals surface area contributed by atoms with Crippen LogP contribution in [-0.4, -0.2) is 21.2 Å². The van der Waals surface area contributed by atoms with Gasteiger partial charge in [-0.05, 0) is 42.7 Å². The van der Waals surface area contributed by atoms with Crippen molar-refractivity contribution < 1.29 is 4.39 Å². The van der Waals surface area contributed by atoms with Crippen molar-refractivity contribution in [3.63, 3.8) is 0 Å². The summed E-state index contributed by atoms with van der Waals surface area (Å²) in [5, 5.41) is 0.548. The Bertz CT molecular complexity index is 1050. The van der Waals surface area contributed by atoms with Crippen LogP contribution in [0.5, 0.6) is 0 Å². The van der Waals surface area contributed by atoms with Crippen LogP contribution < -0.4 is 5.56 Å². The number of halogens is 1. The third-order valence-corrected chi connectivity index (χ3v) is 4.47. The molecule has 0 fully saturated rings. The third-order valence-electron chi connectivity index (χ3n) is 4.47. The minimum Gasteiger partial charge on any atom is -0.296 e. The number of hydrogen-bond acceptors (Lipinski definition) is 3. The summed E-state index contributed by atoms with van der Waals surface area (Å²) in [5.41, 5.74) is 2.02. The van der Waals surface area contributed by atoms with E-state index in [2.05, 4.69) is 21.8 Å². The Kier molecular flexibility index (Phi) is 4.02. The summed E-state index contributed by atoms with van der Waals surface area (Å²) >= 11 is 0. The highest BCUT2D eigenvalue weighted by molar-refractivity contribution is 5.79. The highest BCUT2D eigenvalue weighted by Gasteiger charge is 2.21. The number of hydrogen-bond donors (Lipinski definition) is 0. The van der Waals surface area contributed by atoms with Gasteiger partial charge < -0.3 is 0 Å². The third kappa shape index (κ3) is 3.03. The van der Waals surface area contributed by atoms with E-state index in [1.54, 1.807) is 16.8 Å². The van der Waals surface area contributed by atoms with Crippen molar-refractivity contribution in [1.82, 2.24) is 14.5 Å². The van der Waals surface area contributed by atoms with Crippen molar-refractivity contribution in [2.45, 2.75) is 19.4 Å². The molecule has 4 nitrogen and oxygen atoms in total. The highest BCUT2D eigenvalue weighted by Crippen LogP contribution is 2.20. The van der Waals surface area contributed by atoms with E-state index in [-0.39, 0.29) is 11.5 Å². The maximum Gasteiger partial charge on any atom is 0.261 e. The van der Waals surface area contributed by atoms with E-state index in [0.29, 0.717) is 29.6 Å². The summed E-state index contributed by atoms with van der Waals surface area (Å²) in [5.74, 6) is 6.70. The molecule has 2 aromatic heterocycles. The summed E-state index contributed by atoms with van der Waals surface area (Å²) in [6.45, 7) is 0.0147. The van der Waals surface area contributed by atoms with Crippen LogP contribution in [0.1, 0.15) is 23.5 Å². The molecule has 0 N–H and O–H groups in total. The fraction of sp³-hybridized carbons (Fsp3) is 0.250. The van der Waals surface area contributed by atoms with E-state index in [1.165, 1.54) is 0 Å². The molecule has 124 valence electrons. The average molecular weight is 333 g/mol. The number of nitrogens with zero attached hydrogens (tertiary/aromatic N) is 3. The molecule has 3 heterocycles. The number of aryl methyl sites for hydroxylation is 1. The molecule has 0 bridgehead atoms. The SMILES string of the molecule is O=c1c2ccc(C#Cc3ccccn3)cc2nc2n1CC(CF)CC2. The Balaban J connectivity index is 1.75. The van der Waals surface area contributed by atoms with E-state index in [4.69, 9.17) is 0 Å². The Morgan fingerprint density at radius 3 is 2.96 bits per heavy atom. The van der Waals surface area contributed by atoms with Crippen LogP contribution in [0.15, 0.2) is 47.4 Å². The maximum atomic E-state index is 12.9. The zero-order valence-corrected chi connectivity index (χ0v) is 13.6. The van der Waals surface area contributed by atoms with Gasteiger partial charge in [0.05, 0.1) is 17.6 Å². The van der Waals surface area contributed by atoms with Gasteiger partial charge in [0.1, 0.15) is 11.5 Å². The van der Waals surface area contributed by atoms with Gasteiger partial charge in [-0.3, -0.25) is 13.8 Å². The lowest BCUT2D eigenvalue weighted by Gasteiger charge is -2.23. The van der Waals surface area contributed by atoms with Gasteiger partial charge in [0.25, 0.3) is 5.56 Å². The van der Waals surface area contributed by atoms with Crippen LogP contribution in [0.2, 0.25) is 0 Å². The fourth-order valence-electron chi connectivity index (χ4n) is 3.11.